The van der Waals surface area contributed by atoms with E-state index in [0.717, 1.165) is 4.90 Å². The molecule has 60 valence electrons. The molecule has 1 nitrogen and oxygen atoms in total. The quantitative estimate of drug-likeness (QED) is 0.707. The van der Waals surface area contributed by atoms with E-state index >= 15 is 0 Å². The average Bonchev–Trinajstić information content (AvgIpc) is 2.04. The lowest BCUT2D eigenvalue weighted by molar-refractivity contribution is 0.475. The normalized spacial score (nSPS) is 9.91. The largest absolute Gasteiger partial charge is 0.508 e. The van der Waals surface area contributed by atoms with Crippen LogP contribution in [-0.4, -0.2) is 17.5 Å². The first-order chi connectivity index (χ1) is 5.33. The molecule has 3 heteroatoms. The fourth-order valence-corrected chi connectivity index (χ4v) is 1.34. The monoisotopic (exact) mass is 172 g/mol. The SMILES string of the molecule is Oc1ccc(SCCF)cc1. The molecule has 1 rings (SSSR count). The van der Waals surface area contributed by atoms with Crippen LogP contribution in [0.15, 0.2) is 29.2 Å². The van der Waals surface area contributed by atoms with E-state index in [1.54, 1.807) is 24.3 Å². The van der Waals surface area contributed by atoms with Gasteiger partial charge in [0.2, 0.25) is 0 Å². The summed E-state index contributed by atoms with van der Waals surface area (Å²) in [4.78, 5) is 0.987. The summed E-state index contributed by atoms with van der Waals surface area (Å²) in [7, 11) is 0. The zero-order valence-electron chi connectivity index (χ0n) is 5.96. The van der Waals surface area contributed by atoms with Gasteiger partial charge in [-0.25, -0.2) is 0 Å². The number of hydrogen-bond acceptors (Lipinski definition) is 2. The Morgan fingerprint density at radius 2 is 1.91 bits per heavy atom. The van der Waals surface area contributed by atoms with Crippen LogP contribution in [0.1, 0.15) is 0 Å². The van der Waals surface area contributed by atoms with E-state index < -0.39 is 0 Å². The van der Waals surface area contributed by atoms with Crippen molar-refractivity contribution >= 4 is 11.8 Å². The minimum absolute atomic E-state index is 0.245. The molecule has 0 aliphatic carbocycles. The minimum atomic E-state index is -0.314. The third kappa shape index (κ3) is 2.80. The molecule has 0 radical (unpaired) electrons. The highest BCUT2D eigenvalue weighted by Gasteiger charge is 1.92. The molecule has 1 aromatic carbocycles. The summed E-state index contributed by atoms with van der Waals surface area (Å²) in [5.41, 5.74) is 0. The van der Waals surface area contributed by atoms with Crippen LogP contribution in [0.2, 0.25) is 0 Å². The molecular weight excluding hydrogens is 163 g/mol. The van der Waals surface area contributed by atoms with E-state index in [2.05, 4.69) is 0 Å². The van der Waals surface area contributed by atoms with Crippen molar-refractivity contribution in [3.05, 3.63) is 24.3 Å². The van der Waals surface area contributed by atoms with Gasteiger partial charge >= 0.3 is 0 Å². The van der Waals surface area contributed by atoms with Gasteiger partial charge in [-0.1, -0.05) is 0 Å². The molecule has 11 heavy (non-hydrogen) atoms. The van der Waals surface area contributed by atoms with Gasteiger partial charge in [-0.3, -0.25) is 4.39 Å². The molecule has 1 N–H and O–H groups in total. The van der Waals surface area contributed by atoms with E-state index in [4.69, 9.17) is 5.11 Å². The smallest absolute Gasteiger partial charge is 0.115 e. The predicted octanol–water partition coefficient (Wildman–Crippen LogP) is 2.45. The molecule has 0 atom stereocenters. The second-order valence-electron chi connectivity index (χ2n) is 2.03. The van der Waals surface area contributed by atoms with Gasteiger partial charge in [0.05, 0.1) is 6.67 Å². The molecule has 0 fully saturated rings. The lowest BCUT2D eigenvalue weighted by atomic mass is 10.3. The van der Waals surface area contributed by atoms with E-state index in [0.29, 0.717) is 5.75 Å². The van der Waals surface area contributed by atoms with Crippen molar-refractivity contribution in [2.45, 2.75) is 4.90 Å². The molecule has 0 bridgehead atoms. The Hall–Kier alpha value is -0.700. The maximum atomic E-state index is 11.7. The number of aromatic hydroxyl groups is 1. The summed E-state index contributed by atoms with van der Waals surface area (Å²) in [6, 6.07) is 6.74. The molecule has 1 aromatic rings. The topological polar surface area (TPSA) is 20.2 Å². The van der Waals surface area contributed by atoms with E-state index in [1.807, 2.05) is 0 Å². The number of hydrogen-bond donors (Lipinski definition) is 1. The Balaban J connectivity index is 2.52. The summed E-state index contributed by atoms with van der Waals surface area (Å²) in [6.45, 7) is -0.314. The highest BCUT2D eigenvalue weighted by Crippen LogP contribution is 2.20. The molecule has 0 aliphatic rings. The first kappa shape index (κ1) is 8.40. The third-order valence-corrected chi connectivity index (χ3v) is 2.15. The molecule has 0 amide bonds. The molecule has 0 aromatic heterocycles. The summed E-state index contributed by atoms with van der Waals surface area (Å²) < 4.78 is 11.7. The van der Waals surface area contributed by atoms with Crippen molar-refractivity contribution < 1.29 is 9.50 Å². The second-order valence-corrected chi connectivity index (χ2v) is 3.20. The van der Waals surface area contributed by atoms with E-state index in [1.165, 1.54) is 11.8 Å². The number of halogens is 1. The van der Waals surface area contributed by atoms with Crippen LogP contribution >= 0.6 is 11.8 Å². The Morgan fingerprint density at radius 3 is 2.45 bits per heavy atom. The zero-order chi connectivity index (χ0) is 8.10. The first-order valence-electron chi connectivity index (χ1n) is 3.31. The van der Waals surface area contributed by atoms with E-state index in [-0.39, 0.29) is 12.4 Å². The van der Waals surface area contributed by atoms with Crippen molar-refractivity contribution in [2.24, 2.45) is 0 Å². The Kier molecular flexibility index (Phi) is 3.23. The van der Waals surface area contributed by atoms with Crippen LogP contribution in [0.5, 0.6) is 5.75 Å². The highest BCUT2D eigenvalue weighted by molar-refractivity contribution is 7.99. The fourth-order valence-electron chi connectivity index (χ4n) is 0.699. The van der Waals surface area contributed by atoms with Crippen LogP contribution in [0.3, 0.4) is 0 Å². The van der Waals surface area contributed by atoms with Gasteiger partial charge in [-0.05, 0) is 24.3 Å². The van der Waals surface area contributed by atoms with Crippen LogP contribution in [-0.2, 0) is 0 Å². The predicted molar refractivity (Wildman–Crippen MR) is 44.8 cm³/mol. The van der Waals surface area contributed by atoms with Gasteiger partial charge in [0.25, 0.3) is 0 Å². The lowest BCUT2D eigenvalue weighted by Crippen LogP contribution is -1.79. The van der Waals surface area contributed by atoms with E-state index in [9.17, 15) is 4.39 Å². The Bertz CT molecular complexity index is 210. The Morgan fingerprint density at radius 1 is 1.27 bits per heavy atom. The molecule has 0 spiro atoms. The van der Waals surface area contributed by atoms with Gasteiger partial charge in [0, 0.05) is 10.6 Å². The number of phenols is 1. The molecular formula is C8H9FOS. The fraction of sp³-hybridized carbons (Fsp3) is 0.250. The third-order valence-electron chi connectivity index (χ3n) is 1.18. The number of alkyl halides is 1. The molecule has 0 aliphatic heterocycles. The van der Waals surface area contributed by atoms with Gasteiger partial charge in [-0.15, -0.1) is 11.8 Å². The molecule has 0 heterocycles. The van der Waals surface area contributed by atoms with Crippen molar-refractivity contribution in [3.8, 4) is 5.75 Å². The summed E-state index contributed by atoms with van der Waals surface area (Å²) in [5.74, 6) is 0.722. The first-order valence-corrected chi connectivity index (χ1v) is 4.29. The standard InChI is InChI=1S/C8H9FOS/c9-5-6-11-8-3-1-7(10)2-4-8/h1-4,10H,5-6H2. The molecule has 0 unspecified atom stereocenters. The maximum absolute atomic E-state index is 11.7. The van der Waals surface area contributed by atoms with Crippen LogP contribution in [0.4, 0.5) is 4.39 Å². The van der Waals surface area contributed by atoms with Crippen molar-refractivity contribution in [2.75, 3.05) is 12.4 Å². The molecule has 0 saturated carbocycles. The van der Waals surface area contributed by atoms with Gasteiger partial charge in [0.15, 0.2) is 0 Å². The van der Waals surface area contributed by atoms with Crippen molar-refractivity contribution in [3.63, 3.8) is 0 Å². The maximum Gasteiger partial charge on any atom is 0.115 e. The number of benzene rings is 1. The lowest BCUT2D eigenvalue weighted by Gasteiger charge is -1.97. The van der Waals surface area contributed by atoms with Crippen LogP contribution < -0.4 is 0 Å². The van der Waals surface area contributed by atoms with Crippen LogP contribution in [0.25, 0.3) is 0 Å². The summed E-state index contributed by atoms with van der Waals surface area (Å²) >= 11 is 1.44. The van der Waals surface area contributed by atoms with Crippen LogP contribution in [0, 0.1) is 0 Å². The van der Waals surface area contributed by atoms with Crippen molar-refractivity contribution in [1.29, 1.82) is 0 Å². The highest BCUT2D eigenvalue weighted by atomic mass is 32.2. The van der Waals surface area contributed by atoms with Crippen molar-refractivity contribution in [1.82, 2.24) is 0 Å². The average molecular weight is 172 g/mol. The summed E-state index contributed by atoms with van der Waals surface area (Å²) in [6.07, 6.45) is 0. The summed E-state index contributed by atoms with van der Waals surface area (Å²) in [5, 5.41) is 8.90. The van der Waals surface area contributed by atoms with Gasteiger partial charge < -0.3 is 5.11 Å². The number of thioether (sulfide) groups is 1. The molecule has 0 saturated heterocycles. The Labute approximate surface area is 69.2 Å². The second kappa shape index (κ2) is 4.23. The zero-order valence-corrected chi connectivity index (χ0v) is 6.77. The van der Waals surface area contributed by atoms with Gasteiger partial charge in [0.1, 0.15) is 5.75 Å². The number of rotatable bonds is 3. The van der Waals surface area contributed by atoms with Gasteiger partial charge in [-0.2, -0.15) is 0 Å². The minimum Gasteiger partial charge on any atom is -0.508 e. The number of phenolic OH excluding ortho intramolecular Hbond substituents is 1.